The number of halogens is 1. The van der Waals surface area contributed by atoms with Gasteiger partial charge in [-0.2, -0.15) is 0 Å². The highest BCUT2D eigenvalue weighted by Crippen LogP contribution is 2.24. The number of benzene rings is 1. The number of furan rings is 1. The summed E-state index contributed by atoms with van der Waals surface area (Å²) in [4.78, 5) is 15.5. The first-order valence-electron chi connectivity index (χ1n) is 6.43. The molecule has 1 aromatic carbocycles. The Bertz CT molecular complexity index is 611. The molecule has 112 valence electrons. The predicted molar refractivity (Wildman–Crippen MR) is 82.8 cm³/mol. The number of hydrogen-bond acceptors (Lipinski definition) is 3. The van der Waals surface area contributed by atoms with Crippen LogP contribution in [0.5, 0.6) is 5.75 Å². The zero-order valence-corrected chi connectivity index (χ0v) is 13.5. The molecule has 2 aromatic rings. The molecule has 1 N–H and O–H groups in total. The first kappa shape index (κ1) is 15.4. The van der Waals surface area contributed by atoms with Crippen molar-refractivity contribution in [3.8, 4) is 5.75 Å². The minimum Gasteiger partial charge on any atom is -0.508 e. The third kappa shape index (κ3) is 4.01. The summed E-state index contributed by atoms with van der Waals surface area (Å²) in [5, 5.41) is 9.60. The van der Waals surface area contributed by atoms with Crippen molar-refractivity contribution in [2.24, 2.45) is 0 Å². The summed E-state index contributed by atoms with van der Waals surface area (Å²) in [5.74, 6) is 0.880. The van der Waals surface area contributed by atoms with Crippen LogP contribution in [0.4, 0.5) is 4.79 Å². The van der Waals surface area contributed by atoms with Crippen LogP contribution in [0.3, 0.4) is 0 Å². The minimum atomic E-state index is -0.123. The summed E-state index contributed by atoms with van der Waals surface area (Å²) in [7, 11) is 3.41. The second kappa shape index (κ2) is 6.67. The molecule has 2 rings (SSSR count). The van der Waals surface area contributed by atoms with Gasteiger partial charge in [0.15, 0.2) is 0 Å². The summed E-state index contributed by atoms with van der Waals surface area (Å²) in [6.45, 7) is 0.735. The lowest BCUT2D eigenvalue weighted by atomic mass is 10.2. The van der Waals surface area contributed by atoms with Crippen LogP contribution in [0.2, 0.25) is 0 Å². The van der Waals surface area contributed by atoms with Gasteiger partial charge in [-0.05, 0) is 35.9 Å². The molecular weight excluding hydrogens is 336 g/mol. The second-order valence-electron chi connectivity index (χ2n) is 4.89. The zero-order valence-electron chi connectivity index (χ0n) is 11.9. The van der Waals surface area contributed by atoms with Crippen molar-refractivity contribution in [2.45, 2.75) is 13.1 Å². The monoisotopic (exact) mass is 352 g/mol. The Morgan fingerprint density at radius 3 is 2.67 bits per heavy atom. The molecule has 0 bridgehead atoms. The zero-order chi connectivity index (χ0) is 15.4. The Hall–Kier alpha value is -1.95. The van der Waals surface area contributed by atoms with E-state index in [9.17, 15) is 9.90 Å². The molecule has 0 atom stereocenters. The maximum atomic E-state index is 12.3. The van der Waals surface area contributed by atoms with Crippen LogP contribution in [0.15, 0.2) is 45.5 Å². The summed E-state index contributed by atoms with van der Waals surface area (Å²) < 4.78 is 6.16. The Morgan fingerprint density at radius 2 is 2.05 bits per heavy atom. The Balaban J connectivity index is 2.22. The van der Waals surface area contributed by atoms with Gasteiger partial charge >= 0.3 is 6.03 Å². The largest absolute Gasteiger partial charge is 0.508 e. The molecule has 0 aliphatic carbocycles. The molecule has 1 heterocycles. The second-order valence-corrected chi connectivity index (χ2v) is 5.74. The van der Waals surface area contributed by atoms with E-state index < -0.39 is 0 Å². The molecule has 0 radical (unpaired) electrons. The molecule has 1 aromatic heterocycles. The third-order valence-electron chi connectivity index (χ3n) is 2.97. The first-order chi connectivity index (χ1) is 9.97. The lowest BCUT2D eigenvalue weighted by Crippen LogP contribution is -2.38. The molecular formula is C15H17BrN2O3. The number of hydrogen-bond donors (Lipinski definition) is 1. The highest BCUT2D eigenvalue weighted by Gasteiger charge is 2.18. The van der Waals surface area contributed by atoms with E-state index in [1.165, 1.54) is 4.90 Å². The van der Waals surface area contributed by atoms with Crippen LogP contribution in [-0.4, -0.2) is 35.0 Å². The van der Waals surface area contributed by atoms with Crippen LogP contribution in [0, 0.1) is 0 Å². The normalized spacial score (nSPS) is 10.4. The van der Waals surface area contributed by atoms with Gasteiger partial charge in [-0.15, -0.1) is 0 Å². The van der Waals surface area contributed by atoms with Crippen LogP contribution < -0.4 is 0 Å². The summed E-state index contributed by atoms with van der Waals surface area (Å²) in [5.41, 5.74) is 0.830. The molecule has 0 saturated carbocycles. The number of phenolic OH excluding ortho intramolecular Hbond substituents is 1. The van der Waals surface area contributed by atoms with E-state index in [0.717, 1.165) is 10.0 Å². The van der Waals surface area contributed by atoms with Crippen molar-refractivity contribution in [1.29, 1.82) is 0 Å². The van der Waals surface area contributed by atoms with E-state index in [4.69, 9.17) is 4.42 Å². The van der Waals surface area contributed by atoms with Gasteiger partial charge in [-0.25, -0.2) is 4.79 Å². The maximum absolute atomic E-state index is 12.3. The van der Waals surface area contributed by atoms with Crippen molar-refractivity contribution in [3.63, 3.8) is 0 Å². The van der Waals surface area contributed by atoms with Gasteiger partial charge < -0.3 is 19.3 Å². The van der Waals surface area contributed by atoms with Gasteiger partial charge in [0.2, 0.25) is 0 Å². The molecule has 0 saturated heterocycles. The summed E-state index contributed by atoms with van der Waals surface area (Å²) in [6.07, 6.45) is 1.58. The Kier molecular flexibility index (Phi) is 4.90. The molecule has 2 amide bonds. The van der Waals surface area contributed by atoms with Crippen LogP contribution >= 0.6 is 15.9 Å². The van der Waals surface area contributed by atoms with E-state index in [-0.39, 0.29) is 11.8 Å². The fraction of sp³-hybridized carbons (Fsp3) is 0.267. The molecule has 0 spiro atoms. The van der Waals surface area contributed by atoms with Gasteiger partial charge in [-0.1, -0.05) is 15.9 Å². The maximum Gasteiger partial charge on any atom is 0.320 e. The van der Waals surface area contributed by atoms with Gasteiger partial charge in [0.25, 0.3) is 0 Å². The standard InChI is InChI=1S/C15H17BrN2O3/c1-17(2)15(20)18(10-13-4-3-7-21-13)9-11-8-12(19)5-6-14(11)16/h3-8,19H,9-10H2,1-2H3. The van der Waals surface area contributed by atoms with Crippen LogP contribution in [0.1, 0.15) is 11.3 Å². The Morgan fingerprint density at radius 1 is 1.29 bits per heavy atom. The number of urea groups is 1. The molecule has 0 unspecified atom stereocenters. The molecule has 0 aliphatic rings. The predicted octanol–water partition coefficient (Wildman–Crippen LogP) is 3.43. The number of phenols is 1. The van der Waals surface area contributed by atoms with E-state index in [1.54, 1.807) is 49.5 Å². The van der Waals surface area contributed by atoms with Crippen molar-refractivity contribution in [3.05, 3.63) is 52.4 Å². The molecule has 0 aliphatic heterocycles. The Labute approximate surface area is 131 Å². The van der Waals surface area contributed by atoms with Crippen LogP contribution in [0.25, 0.3) is 0 Å². The number of rotatable bonds is 4. The van der Waals surface area contributed by atoms with Crippen molar-refractivity contribution >= 4 is 22.0 Å². The fourth-order valence-electron chi connectivity index (χ4n) is 1.95. The number of nitrogens with zero attached hydrogens (tertiary/aromatic N) is 2. The molecule has 6 heteroatoms. The van der Waals surface area contributed by atoms with Crippen molar-refractivity contribution in [2.75, 3.05) is 14.1 Å². The van der Waals surface area contributed by atoms with E-state index >= 15 is 0 Å². The van der Waals surface area contributed by atoms with E-state index in [2.05, 4.69) is 15.9 Å². The van der Waals surface area contributed by atoms with Gasteiger partial charge in [0, 0.05) is 25.1 Å². The van der Waals surface area contributed by atoms with E-state index in [1.807, 2.05) is 6.07 Å². The smallest absolute Gasteiger partial charge is 0.320 e. The average Bonchev–Trinajstić information content (AvgIpc) is 2.94. The number of aromatic hydroxyl groups is 1. The molecule has 0 fully saturated rings. The van der Waals surface area contributed by atoms with E-state index in [0.29, 0.717) is 18.8 Å². The lowest BCUT2D eigenvalue weighted by Gasteiger charge is -2.26. The van der Waals surface area contributed by atoms with Crippen LogP contribution in [-0.2, 0) is 13.1 Å². The first-order valence-corrected chi connectivity index (χ1v) is 7.22. The third-order valence-corrected chi connectivity index (χ3v) is 3.74. The number of amides is 2. The molecule has 21 heavy (non-hydrogen) atoms. The fourth-order valence-corrected chi connectivity index (χ4v) is 2.32. The average molecular weight is 353 g/mol. The van der Waals surface area contributed by atoms with Gasteiger partial charge in [0.1, 0.15) is 11.5 Å². The molecule has 5 nitrogen and oxygen atoms in total. The highest BCUT2D eigenvalue weighted by molar-refractivity contribution is 9.10. The number of carbonyl (C=O) groups excluding carboxylic acids is 1. The van der Waals surface area contributed by atoms with Gasteiger partial charge in [-0.3, -0.25) is 0 Å². The lowest BCUT2D eigenvalue weighted by molar-refractivity contribution is 0.161. The quantitative estimate of drug-likeness (QED) is 0.916. The van der Waals surface area contributed by atoms with Gasteiger partial charge in [0.05, 0.1) is 12.8 Å². The van der Waals surface area contributed by atoms with Crippen molar-refractivity contribution in [1.82, 2.24) is 9.80 Å². The highest BCUT2D eigenvalue weighted by atomic mass is 79.9. The topological polar surface area (TPSA) is 56.9 Å². The minimum absolute atomic E-state index is 0.123. The SMILES string of the molecule is CN(C)C(=O)N(Cc1ccco1)Cc1cc(O)ccc1Br. The van der Waals surface area contributed by atoms with Crippen molar-refractivity contribution < 1.29 is 14.3 Å². The summed E-state index contributed by atoms with van der Waals surface area (Å²) in [6, 6.07) is 8.49. The number of carbonyl (C=O) groups is 1. The summed E-state index contributed by atoms with van der Waals surface area (Å²) >= 11 is 3.44.